The zero-order valence-electron chi connectivity index (χ0n) is 11.3. The molecular formula is C14H26F3N. The van der Waals surface area contributed by atoms with E-state index in [1.807, 2.05) is 0 Å². The summed E-state index contributed by atoms with van der Waals surface area (Å²) in [5.74, 6) is 1.10. The summed E-state index contributed by atoms with van der Waals surface area (Å²) in [5, 5.41) is 0. The molecule has 1 fully saturated rings. The molecule has 1 unspecified atom stereocenters. The van der Waals surface area contributed by atoms with Gasteiger partial charge >= 0.3 is 6.18 Å². The summed E-state index contributed by atoms with van der Waals surface area (Å²) in [4.78, 5) is 0. The van der Waals surface area contributed by atoms with Crippen LogP contribution in [0.15, 0.2) is 0 Å². The molecule has 0 aromatic heterocycles. The largest absolute Gasteiger partial charge is 0.389 e. The first kappa shape index (κ1) is 15.8. The van der Waals surface area contributed by atoms with E-state index in [1.165, 1.54) is 19.3 Å². The Labute approximate surface area is 108 Å². The van der Waals surface area contributed by atoms with Crippen molar-refractivity contribution in [1.82, 2.24) is 0 Å². The van der Waals surface area contributed by atoms with Crippen molar-refractivity contribution in [1.29, 1.82) is 0 Å². The molecule has 1 atom stereocenters. The highest BCUT2D eigenvalue weighted by Crippen LogP contribution is 2.35. The number of nitrogens with two attached hydrogens (primary N) is 1. The van der Waals surface area contributed by atoms with Gasteiger partial charge in [0.2, 0.25) is 0 Å². The van der Waals surface area contributed by atoms with E-state index in [9.17, 15) is 13.2 Å². The molecular weight excluding hydrogens is 239 g/mol. The van der Waals surface area contributed by atoms with Crippen LogP contribution in [0.2, 0.25) is 0 Å². The predicted molar refractivity (Wildman–Crippen MR) is 68.2 cm³/mol. The molecule has 18 heavy (non-hydrogen) atoms. The van der Waals surface area contributed by atoms with Crippen molar-refractivity contribution in [3.63, 3.8) is 0 Å². The molecule has 0 spiro atoms. The normalized spacial score (nSPS) is 27.2. The van der Waals surface area contributed by atoms with Crippen molar-refractivity contribution in [2.24, 2.45) is 17.6 Å². The van der Waals surface area contributed by atoms with E-state index in [4.69, 9.17) is 5.73 Å². The Morgan fingerprint density at radius 3 is 2.28 bits per heavy atom. The fourth-order valence-corrected chi connectivity index (χ4v) is 2.96. The standard InChI is InChI=1S/C14H26F3N/c1-2-3-4-11-5-7-12(8-6-11)13(18)9-10-14(15,16)17/h11-13H,2-10,18H2,1H3. The Bertz CT molecular complexity index is 220. The SMILES string of the molecule is CCCCC1CCC(C(N)CCC(F)(F)F)CC1. The van der Waals surface area contributed by atoms with Crippen molar-refractivity contribution in [2.45, 2.75) is 76.9 Å². The number of hydrogen-bond donors (Lipinski definition) is 1. The Balaban J connectivity index is 2.21. The fourth-order valence-electron chi connectivity index (χ4n) is 2.96. The molecule has 0 bridgehead atoms. The third-order valence-corrected chi connectivity index (χ3v) is 4.22. The Morgan fingerprint density at radius 2 is 1.78 bits per heavy atom. The van der Waals surface area contributed by atoms with Gasteiger partial charge < -0.3 is 5.73 Å². The average molecular weight is 265 g/mol. The summed E-state index contributed by atoms with van der Waals surface area (Å²) in [6.07, 6.45) is 3.44. The van der Waals surface area contributed by atoms with Gasteiger partial charge in [-0.1, -0.05) is 39.0 Å². The molecule has 1 rings (SSSR count). The van der Waals surface area contributed by atoms with E-state index < -0.39 is 12.6 Å². The fraction of sp³-hybridized carbons (Fsp3) is 1.00. The Kier molecular flexibility index (Phi) is 6.47. The first-order valence-electron chi connectivity index (χ1n) is 7.24. The van der Waals surface area contributed by atoms with Crippen LogP contribution in [0.25, 0.3) is 0 Å². The second-order valence-corrected chi connectivity index (χ2v) is 5.74. The summed E-state index contributed by atoms with van der Waals surface area (Å²) in [6.45, 7) is 2.19. The van der Waals surface area contributed by atoms with Gasteiger partial charge in [0, 0.05) is 12.5 Å². The molecule has 0 heterocycles. The van der Waals surface area contributed by atoms with Gasteiger partial charge in [-0.3, -0.25) is 0 Å². The van der Waals surface area contributed by atoms with E-state index in [1.54, 1.807) is 0 Å². The van der Waals surface area contributed by atoms with Crippen LogP contribution in [0.4, 0.5) is 13.2 Å². The maximum Gasteiger partial charge on any atom is 0.389 e. The summed E-state index contributed by atoms with van der Waals surface area (Å²) < 4.78 is 36.4. The number of alkyl halides is 3. The second-order valence-electron chi connectivity index (χ2n) is 5.74. The van der Waals surface area contributed by atoms with Crippen molar-refractivity contribution in [2.75, 3.05) is 0 Å². The van der Waals surface area contributed by atoms with Crippen molar-refractivity contribution in [3.8, 4) is 0 Å². The Morgan fingerprint density at radius 1 is 1.17 bits per heavy atom. The Hall–Kier alpha value is -0.250. The minimum absolute atomic E-state index is 0.0911. The number of rotatable bonds is 6. The van der Waals surface area contributed by atoms with Crippen molar-refractivity contribution < 1.29 is 13.2 Å². The minimum Gasteiger partial charge on any atom is -0.327 e. The highest BCUT2D eigenvalue weighted by molar-refractivity contribution is 4.80. The summed E-state index contributed by atoms with van der Waals surface area (Å²) in [6, 6.07) is -0.265. The summed E-state index contributed by atoms with van der Waals surface area (Å²) in [7, 11) is 0. The number of unbranched alkanes of at least 4 members (excludes halogenated alkanes) is 1. The monoisotopic (exact) mass is 265 g/mol. The third kappa shape index (κ3) is 6.07. The molecule has 0 saturated heterocycles. The summed E-state index contributed by atoms with van der Waals surface area (Å²) in [5.41, 5.74) is 5.90. The average Bonchev–Trinajstić information content (AvgIpc) is 2.33. The van der Waals surface area contributed by atoms with Crippen molar-refractivity contribution in [3.05, 3.63) is 0 Å². The third-order valence-electron chi connectivity index (χ3n) is 4.22. The first-order valence-corrected chi connectivity index (χ1v) is 7.24. The highest BCUT2D eigenvalue weighted by Gasteiger charge is 2.31. The molecule has 1 aliphatic carbocycles. The van der Waals surface area contributed by atoms with Crippen LogP contribution in [0, 0.1) is 11.8 Å². The lowest BCUT2D eigenvalue weighted by Gasteiger charge is -2.32. The zero-order chi connectivity index (χ0) is 13.6. The maximum atomic E-state index is 12.1. The van der Waals surface area contributed by atoms with E-state index in [0.29, 0.717) is 5.92 Å². The van der Waals surface area contributed by atoms with Gasteiger partial charge in [-0.15, -0.1) is 0 Å². The van der Waals surface area contributed by atoms with E-state index in [2.05, 4.69) is 6.92 Å². The van der Waals surface area contributed by atoms with Gasteiger partial charge in [0.05, 0.1) is 0 Å². The highest BCUT2D eigenvalue weighted by atomic mass is 19.4. The molecule has 4 heteroatoms. The zero-order valence-corrected chi connectivity index (χ0v) is 11.3. The van der Waals surface area contributed by atoms with Crippen LogP contribution < -0.4 is 5.73 Å². The van der Waals surface area contributed by atoms with Crippen LogP contribution >= 0.6 is 0 Å². The van der Waals surface area contributed by atoms with Gasteiger partial charge in [0.15, 0.2) is 0 Å². The molecule has 108 valence electrons. The smallest absolute Gasteiger partial charge is 0.327 e. The molecule has 0 aromatic rings. The molecule has 0 aliphatic heterocycles. The van der Waals surface area contributed by atoms with Crippen LogP contribution in [0.3, 0.4) is 0 Å². The first-order chi connectivity index (χ1) is 8.42. The van der Waals surface area contributed by atoms with Gasteiger partial charge in [0.1, 0.15) is 0 Å². The van der Waals surface area contributed by atoms with Crippen LogP contribution in [-0.2, 0) is 0 Å². The lowest BCUT2D eigenvalue weighted by atomic mass is 9.76. The molecule has 1 saturated carbocycles. The van der Waals surface area contributed by atoms with Gasteiger partial charge in [-0.05, 0) is 31.1 Å². The molecule has 0 amide bonds. The minimum atomic E-state index is -4.06. The molecule has 0 radical (unpaired) electrons. The van der Waals surface area contributed by atoms with E-state index >= 15 is 0 Å². The van der Waals surface area contributed by atoms with E-state index in [0.717, 1.165) is 31.6 Å². The lowest BCUT2D eigenvalue weighted by Crippen LogP contribution is -2.34. The van der Waals surface area contributed by atoms with Crippen LogP contribution in [0.5, 0.6) is 0 Å². The van der Waals surface area contributed by atoms with Gasteiger partial charge in [-0.25, -0.2) is 0 Å². The van der Waals surface area contributed by atoms with Crippen molar-refractivity contribution >= 4 is 0 Å². The van der Waals surface area contributed by atoms with Crippen LogP contribution in [0.1, 0.15) is 64.7 Å². The quantitative estimate of drug-likeness (QED) is 0.743. The molecule has 1 aliphatic rings. The van der Waals surface area contributed by atoms with Crippen LogP contribution in [-0.4, -0.2) is 12.2 Å². The number of halogens is 3. The maximum absolute atomic E-state index is 12.1. The van der Waals surface area contributed by atoms with Gasteiger partial charge in [0.25, 0.3) is 0 Å². The second kappa shape index (κ2) is 7.37. The number of hydrogen-bond acceptors (Lipinski definition) is 1. The lowest BCUT2D eigenvalue weighted by molar-refractivity contribution is -0.137. The molecule has 2 N–H and O–H groups in total. The topological polar surface area (TPSA) is 26.0 Å². The summed E-state index contributed by atoms with van der Waals surface area (Å²) >= 11 is 0. The molecule has 1 nitrogen and oxygen atoms in total. The van der Waals surface area contributed by atoms with Gasteiger partial charge in [-0.2, -0.15) is 13.2 Å². The van der Waals surface area contributed by atoms with E-state index in [-0.39, 0.29) is 12.5 Å². The predicted octanol–water partition coefficient (Wildman–Crippen LogP) is 4.65. The molecule has 0 aromatic carbocycles.